The van der Waals surface area contributed by atoms with Crippen LogP contribution in [0.3, 0.4) is 0 Å². The van der Waals surface area contributed by atoms with E-state index in [-0.39, 0.29) is 0 Å². The highest BCUT2D eigenvalue weighted by Crippen LogP contribution is 2.13. The molecule has 2 heterocycles. The van der Waals surface area contributed by atoms with Gasteiger partial charge in [-0.1, -0.05) is 6.92 Å². The first-order chi connectivity index (χ1) is 9.19. The normalized spacial score (nSPS) is 19.7. The number of nitrogens with zero attached hydrogens (tertiary/aromatic N) is 3. The minimum absolute atomic E-state index is 0.390. The number of aromatic nitrogens is 2. The van der Waals surface area contributed by atoms with Crippen molar-refractivity contribution in [3.8, 4) is 0 Å². The maximum atomic E-state index is 4.33. The lowest BCUT2D eigenvalue weighted by atomic mass is 10.1. The van der Waals surface area contributed by atoms with Crippen LogP contribution in [-0.4, -0.2) is 40.9 Å². The van der Waals surface area contributed by atoms with Gasteiger partial charge in [-0.3, -0.25) is 4.68 Å². The Bertz CT molecular complexity index is 368. The monoisotopic (exact) mass is 264 g/mol. The molecule has 1 fully saturated rings. The average molecular weight is 264 g/mol. The van der Waals surface area contributed by atoms with Crippen LogP contribution in [0.1, 0.15) is 45.2 Å². The third-order valence-corrected chi connectivity index (χ3v) is 4.02. The Balaban J connectivity index is 1.71. The van der Waals surface area contributed by atoms with Gasteiger partial charge in [0, 0.05) is 30.9 Å². The van der Waals surface area contributed by atoms with Crippen molar-refractivity contribution in [1.29, 1.82) is 0 Å². The highest BCUT2D eigenvalue weighted by molar-refractivity contribution is 5.09. The number of hydrogen-bond acceptors (Lipinski definition) is 3. The molecule has 0 aliphatic carbocycles. The SMILES string of the molecule is CCn1cc(C(C)NCC(C)CN2CCCC2)cn1. The molecule has 0 bridgehead atoms. The van der Waals surface area contributed by atoms with Crippen LogP contribution in [0.15, 0.2) is 12.4 Å². The number of rotatable bonds is 7. The summed E-state index contributed by atoms with van der Waals surface area (Å²) in [5, 5.41) is 7.96. The standard InChI is InChI=1S/C15H28N4/c1-4-19-12-15(10-17-19)14(3)16-9-13(2)11-18-7-5-6-8-18/h10,12-14,16H,4-9,11H2,1-3H3. The molecule has 1 aromatic heterocycles. The van der Waals surface area contributed by atoms with E-state index in [9.17, 15) is 0 Å². The number of nitrogens with one attached hydrogen (secondary N) is 1. The van der Waals surface area contributed by atoms with E-state index in [0.29, 0.717) is 12.0 Å². The summed E-state index contributed by atoms with van der Waals surface area (Å²) in [7, 11) is 0. The Morgan fingerprint density at radius 2 is 2.05 bits per heavy atom. The second-order valence-corrected chi connectivity index (χ2v) is 5.87. The van der Waals surface area contributed by atoms with Crippen LogP contribution in [0, 0.1) is 5.92 Å². The maximum absolute atomic E-state index is 4.33. The molecule has 2 rings (SSSR count). The summed E-state index contributed by atoms with van der Waals surface area (Å²) in [6.07, 6.45) is 6.88. The van der Waals surface area contributed by atoms with E-state index >= 15 is 0 Å². The summed E-state index contributed by atoms with van der Waals surface area (Å²) in [6.45, 7) is 12.5. The summed E-state index contributed by atoms with van der Waals surface area (Å²) in [6, 6.07) is 0.390. The van der Waals surface area contributed by atoms with E-state index in [0.717, 1.165) is 13.1 Å². The fraction of sp³-hybridized carbons (Fsp3) is 0.800. The summed E-state index contributed by atoms with van der Waals surface area (Å²) >= 11 is 0. The molecule has 1 aliphatic rings. The lowest BCUT2D eigenvalue weighted by Crippen LogP contribution is -2.32. The lowest BCUT2D eigenvalue weighted by molar-refractivity contribution is 0.279. The first kappa shape index (κ1) is 14.5. The molecule has 0 saturated carbocycles. The third kappa shape index (κ3) is 4.32. The first-order valence-electron chi connectivity index (χ1n) is 7.67. The topological polar surface area (TPSA) is 33.1 Å². The van der Waals surface area contributed by atoms with Crippen molar-refractivity contribution in [2.45, 2.75) is 46.2 Å². The predicted octanol–water partition coefficient (Wildman–Crippen LogP) is 2.29. The van der Waals surface area contributed by atoms with Gasteiger partial charge in [-0.05, 0) is 52.2 Å². The number of hydrogen-bond donors (Lipinski definition) is 1. The maximum Gasteiger partial charge on any atom is 0.0537 e. The van der Waals surface area contributed by atoms with Crippen molar-refractivity contribution in [3.05, 3.63) is 18.0 Å². The first-order valence-corrected chi connectivity index (χ1v) is 7.67. The number of aryl methyl sites for hydroxylation is 1. The Kier molecular flexibility index (Phi) is 5.40. The van der Waals surface area contributed by atoms with Crippen molar-refractivity contribution in [1.82, 2.24) is 20.0 Å². The molecule has 108 valence electrons. The molecule has 1 saturated heterocycles. The van der Waals surface area contributed by atoms with Crippen LogP contribution in [-0.2, 0) is 6.54 Å². The summed E-state index contributed by atoms with van der Waals surface area (Å²) in [5.74, 6) is 0.710. The minimum Gasteiger partial charge on any atom is -0.310 e. The zero-order valence-electron chi connectivity index (χ0n) is 12.6. The molecule has 2 unspecified atom stereocenters. The Morgan fingerprint density at radius 3 is 2.68 bits per heavy atom. The molecule has 0 radical (unpaired) electrons. The molecule has 4 nitrogen and oxygen atoms in total. The van der Waals surface area contributed by atoms with Crippen molar-refractivity contribution < 1.29 is 0 Å². The predicted molar refractivity (Wildman–Crippen MR) is 79.2 cm³/mol. The van der Waals surface area contributed by atoms with Gasteiger partial charge in [-0.2, -0.15) is 5.10 Å². The smallest absolute Gasteiger partial charge is 0.0537 e. The van der Waals surface area contributed by atoms with Crippen LogP contribution < -0.4 is 5.32 Å². The fourth-order valence-electron chi connectivity index (χ4n) is 2.74. The largest absolute Gasteiger partial charge is 0.310 e. The van der Waals surface area contributed by atoms with E-state index in [2.05, 4.69) is 42.3 Å². The van der Waals surface area contributed by atoms with Crippen LogP contribution in [0.25, 0.3) is 0 Å². The molecule has 1 aliphatic heterocycles. The Morgan fingerprint density at radius 1 is 1.32 bits per heavy atom. The summed E-state index contributed by atoms with van der Waals surface area (Å²) in [4.78, 5) is 2.59. The van der Waals surface area contributed by atoms with Gasteiger partial charge in [-0.15, -0.1) is 0 Å². The van der Waals surface area contributed by atoms with Crippen molar-refractivity contribution in [3.63, 3.8) is 0 Å². The quantitative estimate of drug-likeness (QED) is 0.820. The van der Waals surface area contributed by atoms with Gasteiger partial charge in [0.05, 0.1) is 6.20 Å². The molecule has 0 aromatic carbocycles. The van der Waals surface area contributed by atoms with Crippen LogP contribution in [0.4, 0.5) is 0 Å². The molecule has 0 amide bonds. The minimum atomic E-state index is 0.390. The van der Waals surface area contributed by atoms with Crippen LogP contribution in [0.2, 0.25) is 0 Å². The van der Waals surface area contributed by atoms with Gasteiger partial charge in [0.25, 0.3) is 0 Å². The highest BCUT2D eigenvalue weighted by atomic mass is 15.3. The molecular formula is C15H28N4. The lowest BCUT2D eigenvalue weighted by Gasteiger charge is -2.22. The van der Waals surface area contributed by atoms with Gasteiger partial charge >= 0.3 is 0 Å². The fourth-order valence-corrected chi connectivity index (χ4v) is 2.74. The molecular weight excluding hydrogens is 236 g/mol. The van der Waals surface area contributed by atoms with E-state index in [4.69, 9.17) is 0 Å². The number of likely N-dealkylation sites (tertiary alicyclic amines) is 1. The average Bonchev–Trinajstić information content (AvgIpc) is 3.06. The van der Waals surface area contributed by atoms with Gasteiger partial charge in [0.2, 0.25) is 0 Å². The zero-order valence-corrected chi connectivity index (χ0v) is 12.6. The second kappa shape index (κ2) is 7.06. The van der Waals surface area contributed by atoms with E-state index in [1.807, 2.05) is 10.9 Å². The molecule has 4 heteroatoms. The molecule has 1 aromatic rings. The van der Waals surface area contributed by atoms with E-state index in [1.165, 1.54) is 38.0 Å². The molecule has 2 atom stereocenters. The highest BCUT2D eigenvalue weighted by Gasteiger charge is 2.15. The Hall–Kier alpha value is -0.870. The van der Waals surface area contributed by atoms with Gasteiger partial charge in [0.15, 0.2) is 0 Å². The van der Waals surface area contributed by atoms with Crippen molar-refractivity contribution in [2.24, 2.45) is 5.92 Å². The van der Waals surface area contributed by atoms with Crippen LogP contribution in [0.5, 0.6) is 0 Å². The summed E-state index contributed by atoms with van der Waals surface area (Å²) in [5.41, 5.74) is 1.29. The second-order valence-electron chi connectivity index (χ2n) is 5.87. The van der Waals surface area contributed by atoms with E-state index < -0.39 is 0 Å². The van der Waals surface area contributed by atoms with E-state index in [1.54, 1.807) is 0 Å². The van der Waals surface area contributed by atoms with Gasteiger partial charge < -0.3 is 10.2 Å². The van der Waals surface area contributed by atoms with Crippen molar-refractivity contribution in [2.75, 3.05) is 26.2 Å². The van der Waals surface area contributed by atoms with Crippen LogP contribution >= 0.6 is 0 Å². The molecule has 1 N–H and O–H groups in total. The zero-order chi connectivity index (χ0) is 13.7. The van der Waals surface area contributed by atoms with Gasteiger partial charge in [0.1, 0.15) is 0 Å². The third-order valence-electron chi connectivity index (χ3n) is 4.02. The molecule has 0 spiro atoms. The molecule has 19 heavy (non-hydrogen) atoms. The van der Waals surface area contributed by atoms with Crippen molar-refractivity contribution >= 4 is 0 Å². The Labute approximate surface area is 117 Å². The summed E-state index contributed by atoms with van der Waals surface area (Å²) < 4.78 is 1.99. The van der Waals surface area contributed by atoms with Gasteiger partial charge in [-0.25, -0.2) is 0 Å².